The fraction of sp³-hybridized carbons (Fsp3) is 0.333. The lowest BCUT2D eigenvalue weighted by Gasteiger charge is -2.29. The van der Waals surface area contributed by atoms with Crippen molar-refractivity contribution in [3.05, 3.63) is 70.3 Å². The largest absolute Gasteiger partial charge is 0.315 e. The van der Waals surface area contributed by atoms with E-state index in [0.29, 0.717) is 19.5 Å². The molecule has 1 atom stereocenters. The van der Waals surface area contributed by atoms with Gasteiger partial charge in [0.1, 0.15) is 0 Å². The van der Waals surface area contributed by atoms with E-state index in [1.165, 1.54) is 28.6 Å². The van der Waals surface area contributed by atoms with Crippen LogP contribution in [-0.4, -0.2) is 43.3 Å². The van der Waals surface area contributed by atoms with Crippen LogP contribution >= 0.6 is 0 Å². The lowest BCUT2D eigenvalue weighted by molar-refractivity contribution is -0.384. The molecule has 0 amide bonds. The highest BCUT2D eigenvalue weighted by Crippen LogP contribution is 2.23. The highest BCUT2D eigenvalue weighted by molar-refractivity contribution is 7.89. The first kappa shape index (κ1) is 18.5. The van der Waals surface area contributed by atoms with Crippen LogP contribution in [0, 0.1) is 10.1 Å². The number of nitro benzene ring substituents is 1. The Hall–Kier alpha value is -2.29. The number of hydrogen-bond donors (Lipinski definition) is 1. The summed E-state index contributed by atoms with van der Waals surface area (Å²) in [5.74, 6) is 0. The molecule has 138 valence electrons. The third-order valence-corrected chi connectivity index (χ3v) is 6.45. The van der Waals surface area contributed by atoms with Crippen molar-refractivity contribution in [2.75, 3.05) is 19.6 Å². The standard InChI is InChI=1S/C18H21N3O4S/c22-21(23)16-7-9-18(10-8-16)26(24,25)20-12-4-11-19-14-17(20)13-15-5-2-1-3-6-15/h1-3,5-10,17,19H,4,11-14H2/t17-/m1/s1. The third kappa shape index (κ3) is 4.09. The van der Waals surface area contributed by atoms with Gasteiger partial charge < -0.3 is 5.32 Å². The Kier molecular flexibility index (Phi) is 5.65. The molecule has 1 fully saturated rings. The van der Waals surface area contributed by atoms with Gasteiger partial charge >= 0.3 is 0 Å². The van der Waals surface area contributed by atoms with Crippen molar-refractivity contribution in [2.24, 2.45) is 0 Å². The molecule has 0 unspecified atom stereocenters. The monoisotopic (exact) mass is 375 g/mol. The molecule has 1 aliphatic heterocycles. The Labute approximate surface area is 152 Å². The molecule has 7 nitrogen and oxygen atoms in total. The van der Waals surface area contributed by atoms with Crippen molar-refractivity contribution in [1.82, 2.24) is 9.62 Å². The Morgan fingerprint density at radius 3 is 2.46 bits per heavy atom. The maximum atomic E-state index is 13.2. The summed E-state index contributed by atoms with van der Waals surface area (Å²) in [7, 11) is -3.73. The highest BCUT2D eigenvalue weighted by atomic mass is 32.2. The van der Waals surface area contributed by atoms with E-state index in [4.69, 9.17) is 0 Å². The van der Waals surface area contributed by atoms with Crippen molar-refractivity contribution in [1.29, 1.82) is 0 Å². The zero-order valence-corrected chi connectivity index (χ0v) is 15.1. The molecule has 1 heterocycles. The van der Waals surface area contributed by atoms with E-state index in [9.17, 15) is 18.5 Å². The highest BCUT2D eigenvalue weighted by Gasteiger charge is 2.32. The smallest absolute Gasteiger partial charge is 0.269 e. The van der Waals surface area contributed by atoms with Gasteiger partial charge in [-0.15, -0.1) is 0 Å². The summed E-state index contributed by atoms with van der Waals surface area (Å²) in [5.41, 5.74) is 0.951. The average Bonchev–Trinajstić information content (AvgIpc) is 2.88. The van der Waals surface area contributed by atoms with E-state index in [1.807, 2.05) is 30.3 Å². The summed E-state index contributed by atoms with van der Waals surface area (Å²) >= 11 is 0. The van der Waals surface area contributed by atoms with Crippen LogP contribution in [0.15, 0.2) is 59.5 Å². The van der Waals surface area contributed by atoms with Gasteiger partial charge in [0, 0.05) is 31.3 Å². The van der Waals surface area contributed by atoms with Crippen LogP contribution in [0.1, 0.15) is 12.0 Å². The molecule has 0 saturated carbocycles. The van der Waals surface area contributed by atoms with Gasteiger partial charge in [-0.05, 0) is 37.1 Å². The van der Waals surface area contributed by atoms with E-state index in [-0.39, 0.29) is 16.6 Å². The molecule has 0 aliphatic carbocycles. The second kappa shape index (κ2) is 7.94. The number of benzene rings is 2. The van der Waals surface area contributed by atoms with Crippen LogP contribution in [0.2, 0.25) is 0 Å². The van der Waals surface area contributed by atoms with Crippen molar-refractivity contribution in [2.45, 2.75) is 23.8 Å². The van der Waals surface area contributed by atoms with E-state index in [1.54, 1.807) is 0 Å². The quantitative estimate of drug-likeness (QED) is 0.639. The maximum Gasteiger partial charge on any atom is 0.269 e. The van der Waals surface area contributed by atoms with Gasteiger partial charge in [-0.2, -0.15) is 4.31 Å². The fourth-order valence-electron chi connectivity index (χ4n) is 3.16. The first-order valence-corrected chi connectivity index (χ1v) is 9.93. The van der Waals surface area contributed by atoms with Gasteiger partial charge in [-0.3, -0.25) is 10.1 Å². The lowest BCUT2D eigenvalue weighted by Crippen LogP contribution is -2.44. The van der Waals surface area contributed by atoms with Gasteiger partial charge in [0.2, 0.25) is 10.0 Å². The number of hydrogen-bond acceptors (Lipinski definition) is 5. The minimum absolute atomic E-state index is 0.0862. The van der Waals surface area contributed by atoms with E-state index in [2.05, 4.69) is 5.32 Å². The zero-order chi connectivity index (χ0) is 18.6. The molecule has 0 aromatic heterocycles. The van der Waals surface area contributed by atoms with E-state index < -0.39 is 14.9 Å². The van der Waals surface area contributed by atoms with Crippen molar-refractivity contribution >= 4 is 15.7 Å². The van der Waals surface area contributed by atoms with Crippen LogP contribution in [0.5, 0.6) is 0 Å². The molecule has 0 bridgehead atoms. The molecule has 1 aliphatic rings. The second-order valence-electron chi connectivity index (χ2n) is 6.27. The van der Waals surface area contributed by atoms with E-state index in [0.717, 1.165) is 18.5 Å². The van der Waals surface area contributed by atoms with Gasteiger partial charge in [0.25, 0.3) is 5.69 Å². The van der Waals surface area contributed by atoms with Crippen LogP contribution < -0.4 is 5.32 Å². The Morgan fingerprint density at radius 2 is 1.81 bits per heavy atom. The summed E-state index contributed by atoms with van der Waals surface area (Å²) < 4.78 is 27.8. The normalized spacial score (nSPS) is 19.0. The predicted molar refractivity (Wildman–Crippen MR) is 98.4 cm³/mol. The first-order chi connectivity index (χ1) is 12.5. The molecule has 1 N–H and O–H groups in total. The summed E-state index contributed by atoms with van der Waals surface area (Å²) in [5, 5.41) is 14.1. The maximum absolute atomic E-state index is 13.2. The summed E-state index contributed by atoms with van der Waals surface area (Å²) in [6.07, 6.45) is 1.33. The Bertz CT molecular complexity index is 854. The molecular formula is C18H21N3O4S. The molecule has 2 aromatic carbocycles. The predicted octanol–water partition coefficient (Wildman–Crippen LogP) is 2.19. The average molecular weight is 375 g/mol. The zero-order valence-electron chi connectivity index (χ0n) is 14.2. The number of nitro groups is 1. The van der Waals surface area contributed by atoms with Crippen LogP contribution in [-0.2, 0) is 16.4 Å². The van der Waals surface area contributed by atoms with Crippen LogP contribution in [0.3, 0.4) is 0 Å². The van der Waals surface area contributed by atoms with Gasteiger partial charge in [0.05, 0.1) is 9.82 Å². The van der Waals surface area contributed by atoms with Crippen molar-refractivity contribution in [3.8, 4) is 0 Å². The molecule has 0 spiro atoms. The summed E-state index contributed by atoms with van der Waals surface area (Å²) in [6.45, 7) is 1.75. The van der Waals surface area contributed by atoms with Gasteiger partial charge in [-0.25, -0.2) is 8.42 Å². The lowest BCUT2D eigenvalue weighted by atomic mass is 10.1. The molecule has 0 radical (unpaired) electrons. The topological polar surface area (TPSA) is 92.5 Å². The number of sulfonamides is 1. The van der Waals surface area contributed by atoms with Crippen molar-refractivity contribution in [3.63, 3.8) is 0 Å². The van der Waals surface area contributed by atoms with Gasteiger partial charge in [-0.1, -0.05) is 30.3 Å². The van der Waals surface area contributed by atoms with Crippen LogP contribution in [0.25, 0.3) is 0 Å². The first-order valence-electron chi connectivity index (χ1n) is 8.49. The SMILES string of the molecule is O=[N+]([O-])c1ccc(S(=O)(=O)N2CCCNC[C@H]2Cc2ccccc2)cc1. The molecular weight excluding hydrogens is 354 g/mol. The number of non-ortho nitro benzene ring substituents is 1. The summed E-state index contributed by atoms with van der Waals surface area (Å²) in [4.78, 5) is 10.4. The van der Waals surface area contributed by atoms with Gasteiger partial charge in [0.15, 0.2) is 0 Å². The van der Waals surface area contributed by atoms with Crippen molar-refractivity contribution < 1.29 is 13.3 Å². The minimum atomic E-state index is -3.73. The minimum Gasteiger partial charge on any atom is -0.315 e. The summed E-state index contributed by atoms with van der Waals surface area (Å²) in [6, 6.07) is 14.7. The molecule has 26 heavy (non-hydrogen) atoms. The molecule has 8 heteroatoms. The fourth-order valence-corrected chi connectivity index (χ4v) is 4.83. The Morgan fingerprint density at radius 1 is 1.12 bits per heavy atom. The number of nitrogens with zero attached hydrogens (tertiary/aromatic N) is 2. The van der Waals surface area contributed by atoms with E-state index >= 15 is 0 Å². The second-order valence-corrected chi connectivity index (χ2v) is 8.16. The number of rotatable bonds is 5. The molecule has 1 saturated heterocycles. The Balaban J connectivity index is 1.89. The molecule has 3 rings (SSSR count). The molecule has 2 aromatic rings. The number of nitrogens with one attached hydrogen (secondary N) is 1. The third-order valence-electron chi connectivity index (χ3n) is 4.49. The van der Waals surface area contributed by atoms with Crippen LogP contribution in [0.4, 0.5) is 5.69 Å².